The van der Waals surface area contributed by atoms with Crippen LogP contribution in [0.25, 0.3) is 0 Å². The number of aliphatic hydroxyl groups is 1. The Morgan fingerprint density at radius 2 is 2.15 bits per heavy atom. The molecule has 0 unspecified atom stereocenters. The summed E-state index contributed by atoms with van der Waals surface area (Å²) in [7, 11) is 0. The molecule has 0 rings (SSSR count). The number of unbranched alkanes of at least 4 members (excludes halogenated alkanes) is 2. The van der Waals surface area contributed by atoms with Crippen LogP contribution in [0.4, 0.5) is 0 Å². The maximum atomic E-state index is 9.99. The highest BCUT2D eigenvalue weighted by Gasteiger charge is 1.92. The number of carbonyl (C=O) groups excluding carboxylic acids is 1. The van der Waals surface area contributed by atoms with Crippen molar-refractivity contribution < 1.29 is 9.90 Å². The van der Waals surface area contributed by atoms with Gasteiger partial charge in [0.2, 0.25) is 0 Å². The Morgan fingerprint density at radius 1 is 1.38 bits per heavy atom. The SMILES string of the molecule is C=CCCCCC(C=CC=O)=CO. The summed E-state index contributed by atoms with van der Waals surface area (Å²) in [6.45, 7) is 3.62. The quantitative estimate of drug-likeness (QED) is 0.163. The molecule has 0 fully saturated rings. The van der Waals surface area contributed by atoms with Gasteiger partial charge in [0.25, 0.3) is 0 Å². The van der Waals surface area contributed by atoms with Crippen molar-refractivity contribution in [1.29, 1.82) is 0 Å². The van der Waals surface area contributed by atoms with Crippen LogP contribution in [0, 0.1) is 0 Å². The fraction of sp³-hybridized carbons (Fsp3) is 0.364. The van der Waals surface area contributed by atoms with Gasteiger partial charge in [-0.1, -0.05) is 12.2 Å². The standard InChI is InChI=1S/C11H16O2/c1-2-3-4-5-7-11(10-13)8-6-9-12/h2,6,8-10,13H,1,3-5,7H2. The molecule has 0 atom stereocenters. The highest BCUT2D eigenvalue weighted by atomic mass is 16.2. The van der Waals surface area contributed by atoms with Crippen molar-refractivity contribution in [3.8, 4) is 0 Å². The van der Waals surface area contributed by atoms with E-state index in [1.54, 1.807) is 6.08 Å². The molecule has 0 heterocycles. The molecule has 72 valence electrons. The lowest BCUT2D eigenvalue weighted by Gasteiger charge is -1.98. The van der Waals surface area contributed by atoms with E-state index in [2.05, 4.69) is 6.58 Å². The fourth-order valence-corrected chi connectivity index (χ4v) is 0.972. The predicted molar refractivity (Wildman–Crippen MR) is 54.6 cm³/mol. The fourth-order valence-electron chi connectivity index (χ4n) is 0.972. The Kier molecular flexibility index (Phi) is 7.90. The molecule has 0 radical (unpaired) electrons. The normalized spacial score (nSPS) is 11.8. The zero-order valence-corrected chi connectivity index (χ0v) is 7.78. The summed E-state index contributed by atoms with van der Waals surface area (Å²) < 4.78 is 0. The number of hydrogen-bond donors (Lipinski definition) is 1. The minimum Gasteiger partial charge on any atom is -0.515 e. The van der Waals surface area contributed by atoms with Crippen molar-refractivity contribution in [3.63, 3.8) is 0 Å². The van der Waals surface area contributed by atoms with Crippen LogP contribution in [0.5, 0.6) is 0 Å². The molecule has 0 aromatic carbocycles. The predicted octanol–water partition coefficient (Wildman–Crippen LogP) is 2.93. The van der Waals surface area contributed by atoms with Gasteiger partial charge in [-0.05, 0) is 37.3 Å². The van der Waals surface area contributed by atoms with Gasteiger partial charge in [0, 0.05) is 0 Å². The Morgan fingerprint density at radius 3 is 2.69 bits per heavy atom. The molecule has 0 amide bonds. The van der Waals surface area contributed by atoms with Gasteiger partial charge in [-0.25, -0.2) is 0 Å². The van der Waals surface area contributed by atoms with Crippen LogP contribution < -0.4 is 0 Å². The molecule has 13 heavy (non-hydrogen) atoms. The van der Waals surface area contributed by atoms with Gasteiger partial charge in [0.1, 0.15) is 6.29 Å². The second kappa shape index (κ2) is 8.78. The highest BCUT2D eigenvalue weighted by molar-refractivity contribution is 5.65. The Bertz CT molecular complexity index is 202. The molecule has 0 saturated heterocycles. The summed E-state index contributed by atoms with van der Waals surface area (Å²) in [5.41, 5.74) is 0.788. The molecule has 0 aliphatic heterocycles. The van der Waals surface area contributed by atoms with Gasteiger partial charge < -0.3 is 5.11 Å². The molecule has 0 aliphatic carbocycles. The lowest BCUT2D eigenvalue weighted by Crippen LogP contribution is -1.81. The van der Waals surface area contributed by atoms with Crippen LogP contribution in [0.3, 0.4) is 0 Å². The Hall–Kier alpha value is -1.31. The van der Waals surface area contributed by atoms with E-state index in [1.165, 1.54) is 6.08 Å². The van der Waals surface area contributed by atoms with E-state index in [-0.39, 0.29) is 0 Å². The van der Waals surface area contributed by atoms with Gasteiger partial charge in [-0.2, -0.15) is 0 Å². The summed E-state index contributed by atoms with van der Waals surface area (Å²) in [5.74, 6) is 0. The minimum atomic E-state index is 0.702. The van der Waals surface area contributed by atoms with Crippen molar-refractivity contribution in [2.24, 2.45) is 0 Å². The molecule has 0 aliphatic rings. The number of aliphatic hydroxyl groups excluding tert-OH is 1. The van der Waals surface area contributed by atoms with Crippen molar-refractivity contribution in [2.45, 2.75) is 25.7 Å². The number of rotatable bonds is 7. The largest absolute Gasteiger partial charge is 0.515 e. The van der Waals surface area contributed by atoms with Crippen molar-refractivity contribution in [2.75, 3.05) is 0 Å². The molecule has 0 aromatic heterocycles. The highest BCUT2D eigenvalue weighted by Crippen LogP contribution is 2.09. The third-order valence-electron chi connectivity index (χ3n) is 1.68. The summed E-state index contributed by atoms with van der Waals surface area (Å²) in [5, 5.41) is 8.76. The minimum absolute atomic E-state index is 0.702. The second-order valence-corrected chi connectivity index (χ2v) is 2.73. The molecular weight excluding hydrogens is 164 g/mol. The maximum Gasteiger partial charge on any atom is 0.142 e. The van der Waals surface area contributed by atoms with E-state index in [4.69, 9.17) is 5.11 Å². The third-order valence-corrected chi connectivity index (χ3v) is 1.68. The van der Waals surface area contributed by atoms with Crippen molar-refractivity contribution >= 4 is 6.29 Å². The van der Waals surface area contributed by atoms with E-state index < -0.39 is 0 Å². The van der Waals surface area contributed by atoms with E-state index in [0.29, 0.717) is 6.29 Å². The number of carbonyl (C=O) groups is 1. The first-order valence-electron chi connectivity index (χ1n) is 4.41. The zero-order valence-electron chi connectivity index (χ0n) is 7.78. The van der Waals surface area contributed by atoms with Gasteiger partial charge in [0.05, 0.1) is 6.26 Å². The van der Waals surface area contributed by atoms with Gasteiger partial charge in [-0.3, -0.25) is 4.79 Å². The first-order chi connectivity index (χ1) is 6.35. The van der Waals surface area contributed by atoms with Crippen LogP contribution in [-0.2, 0) is 4.79 Å². The first kappa shape index (κ1) is 11.7. The van der Waals surface area contributed by atoms with Crippen LogP contribution in [0.2, 0.25) is 0 Å². The van der Waals surface area contributed by atoms with E-state index >= 15 is 0 Å². The Balaban J connectivity index is 3.67. The second-order valence-electron chi connectivity index (χ2n) is 2.73. The summed E-state index contributed by atoms with van der Waals surface area (Å²) in [6, 6.07) is 0. The van der Waals surface area contributed by atoms with Crippen LogP contribution in [-0.4, -0.2) is 11.4 Å². The van der Waals surface area contributed by atoms with E-state index in [1.807, 2.05) is 6.08 Å². The monoisotopic (exact) mass is 180 g/mol. The van der Waals surface area contributed by atoms with Crippen LogP contribution in [0.15, 0.2) is 36.6 Å². The van der Waals surface area contributed by atoms with E-state index in [9.17, 15) is 4.79 Å². The zero-order chi connectivity index (χ0) is 9.94. The summed E-state index contributed by atoms with van der Waals surface area (Å²) >= 11 is 0. The molecule has 1 N–H and O–H groups in total. The average Bonchev–Trinajstić information content (AvgIpc) is 2.17. The lowest BCUT2D eigenvalue weighted by atomic mass is 10.1. The number of aldehydes is 1. The first-order valence-corrected chi connectivity index (χ1v) is 4.41. The van der Waals surface area contributed by atoms with Crippen molar-refractivity contribution in [3.05, 3.63) is 36.6 Å². The van der Waals surface area contributed by atoms with Crippen LogP contribution in [0.1, 0.15) is 25.7 Å². The van der Waals surface area contributed by atoms with Crippen LogP contribution >= 0.6 is 0 Å². The van der Waals surface area contributed by atoms with Gasteiger partial charge >= 0.3 is 0 Å². The Labute approximate surface area is 79.3 Å². The number of hydrogen-bond acceptors (Lipinski definition) is 2. The lowest BCUT2D eigenvalue weighted by molar-refractivity contribution is -0.104. The average molecular weight is 180 g/mol. The van der Waals surface area contributed by atoms with Gasteiger partial charge in [0.15, 0.2) is 0 Å². The summed E-state index contributed by atoms with van der Waals surface area (Å²) in [4.78, 5) is 9.99. The molecule has 2 nitrogen and oxygen atoms in total. The van der Waals surface area contributed by atoms with Crippen molar-refractivity contribution in [1.82, 2.24) is 0 Å². The summed E-state index contributed by atoms with van der Waals surface area (Å²) in [6.07, 6.45) is 10.5. The van der Waals surface area contributed by atoms with Gasteiger partial charge in [-0.15, -0.1) is 6.58 Å². The molecule has 0 spiro atoms. The van der Waals surface area contributed by atoms with E-state index in [0.717, 1.165) is 37.5 Å². The number of allylic oxidation sites excluding steroid dienone is 4. The maximum absolute atomic E-state index is 9.99. The molecule has 0 aromatic rings. The molecule has 2 heteroatoms. The molecular formula is C11H16O2. The topological polar surface area (TPSA) is 37.3 Å². The third kappa shape index (κ3) is 7.06. The smallest absolute Gasteiger partial charge is 0.142 e. The molecule has 0 bridgehead atoms. The molecule has 0 saturated carbocycles.